The minimum absolute atomic E-state index is 0.672. The molecular formula is C14H30N2O. The summed E-state index contributed by atoms with van der Waals surface area (Å²) in [5, 5.41) is 3.60. The Morgan fingerprint density at radius 3 is 2.88 bits per heavy atom. The number of nitrogens with one attached hydrogen (secondary N) is 1. The minimum atomic E-state index is 0.672. The van der Waals surface area contributed by atoms with Crippen molar-refractivity contribution in [2.24, 2.45) is 5.92 Å². The average Bonchev–Trinajstić information content (AvgIpc) is 2.30. The summed E-state index contributed by atoms with van der Waals surface area (Å²) in [5.41, 5.74) is 0. The lowest BCUT2D eigenvalue weighted by Gasteiger charge is -2.35. The van der Waals surface area contributed by atoms with Gasteiger partial charge in [0.05, 0.1) is 6.61 Å². The van der Waals surface area contributed by atoms with Crippen molar-refractivity contribution >= 4 is 0 Å². The van der Waals surface area contributed by atoms with Crippen LogP contribution in [0.5, 0.6) is 0 Å². The highest BCUT2D eigenvalue weighted by Gasteiger charge is 2.21. The molecule has 0 saturated carbocycles. The number of nitrogens with zero attached hydrogens (tertiary/aromatic N) is 1. The first-order valence-corrected chi connectivity index (χ1v) is 7.24. The molecule has 2 unspecified atom stereocenters. The molecule has 0 amide bonds. The maximum Gasteiger partial charge on any atom is 0.0502 e. The van der Waals surface area contributed by atoms with E-state index in [1.54, 1.807) is 0 Å². The van der Waals surface area contributed by atoms with Gasteiger partial charge in [-0.25, -0.2) is 0 Å². The van der Waals surface area contributed by atoms with Gasteiger partial charge in [-0.1, -0.05) is 20.3 Å². The van der Waals surface area contributed by atoms with Crippen LogP contribution in [0.4, 0.5) is 0 Å². The fraction of sp³-hybridized carbons (Fsp3) is 1.00. The molecule has 1 heterocycles. The van der Waals surface area contributed by atoms with Crippen LogP contribution >= 0.6 is 0 Å². The Balaban J connectivity index is 2.32. The quantitative estimate of drug-likeness (QED) is 0.705. The van der Waals surface area contributed by atoms with E-state index in [4.69, 9.17) is 4.74 Å². The highest BCUT2D eigenvalue weighted by atomic mass is 16.5. The Hall–Kier alpha value is -0.120. The van der Waals surface area contributed by atoms with Crippen LogP contribution in [0, 0.1) is 5.92 Å². The molecule has 0 aromatic carbocycles. The molecule has 3 heteroatoms. The molecule has 17 heavy (non-hydrogen) atoms. The van der Waals surface area contributed by atoms with Crippen LogP contribution in [-0.4, -0.2) is 50.8 Å². The molecule has 1 saturated heterocycles. The van der Waals surface area contributed by atoms with Gasteiger partial charge in [-0.3, -0.25) is 0 Å². The third kappa shape index (κ3) is 5.84. The number of ether oxygens (including phenoxy) is 1. The summed E-state index contributed by atoms with van der Waals surface area (Å²) in [4.78, 5) is 2.62. The molecule has 1 fully saturated rings. The number of methoxy groups -OCH3 is 1. The summed E-state index contributed by atoms with van der Waals surface area (Å²) in [6.07, 6.45) is 5.23. The fourth-order valence-corrected chi connectivity index (χ4v) is 2.90. The first-order chi connectivity index (χ1) is 8.30. The van der Waals surface area contributed by atoms with Crippen molar-refractivity contribution in [3.63, 3.8) is 0 Å². The molecule has 0 radical (unpaired) electrons. The summed E-state index contributed by atoms with van der Waals surface area (Å²) < 4.78 is 5.29. The van der Waals surface area contributed by atoms with E-state index in [-0.39, 0.29) is 0 Å². The van der Waals surface area contributed by atoms with Gasteiger partial charge in [-0.15, -0.1) is 0 Å². The molecule has 0 spiro atoms. The molecular weight excluding hydrogens is 212 g/mol. The standard InChI is InChI=1S/C14H30N2O/c1-4-7-14(15-5-2)11-16-9-6-8-13(10-16)12-17-3/h13-15H,4-12H2,1-3H3. The van der Waals surface area contributed by atoms with Crippen molar-refractivity contribution in [1.82, 2.24) is 10.2 Å². The van der Waals surface area contributed by atoms with Gasteiger partial charge in [-0.2, -0.15) is 0 Å². The number of hydrogen-bond donors (Lipinski definition) is 1. The van der Waals surface area contributed by atoms with Crippen LogP contribution in [0.15, 0.2) is 0 Å². The third-order valence-electron chi connectivity index (χ3n) is 3.61. The Bertz CT molecular complexity index is 179. The lowest BCUT2D eigenvalue weighted by Crippen LogP contribution is -2.45. The largest absolute Gasteiger partial charge is 0.384 e. The van der Waals surface area contributed by atoms with Gasteiger partial charge in [0.1, 0.15) is 0 Å². The maximum absolute atomic E-state index is 5.29. The van der Waals surface area contributed by atoms with Gasteiger partial charge in [0, 0.05) is 26.2 Å². The van der Waals surface area contributed by atoms with Crippen molar-refractivity contribution in [3.8, 4) is 0 Å². The second-order valence-corrected chi connectivity index (χ2v) is 5.27. The maximum atomic E-state index is 5.29. The Morgan fingerprint density at radius 2 is 2.24 bits per heavy atom. The van der Waals surface area contributed by atoms with Gasteiger partial charge in [-0.05, 0) is 38.3 Å². The molecule has 1 N–H and O–H groups in total. The molecule has 1 aliphatic heterocycles. The SMILES string of the molecule is CCCC(CN1CCCC(COC)C1)NCC. The highest BCUT2D eigenvalue weighted by Crippen LogP contribution is 2.17. The van der Waals surface area contributed by atoms with Crippen LogP contribution < -0.4 is 5.32 Å². The first-order valence-electron chi connectivity index (χ1n) is 7.24. The zero-order valence-electron chi connectivity index (χ0n) is 11.9. The Labute approximate surface area is 107 Å². The van der Waals surface area contributed by atoms with Gasteiger partial charge >= 0.3 is 0 Å². The van der Waals surface area contributed by atoms with Crippen molar-refractivity contribution in [2.45, 2.75) is 45.6 Å². The summed E-state index contributed by atoms with van der Waals surface area (Å²) in [7, 11) is 1.82. The zero-order valence-corrected chi connectivity index (χ0v) is 11.9. The average molecular weight is 242 g/mol. The van der Waals surface area contributed by atoms with Crippen LogP contribution in [-0.2, 0) is 4.74 Å². The van der Waals surface area contributed by atoms with Crippen molar-refractivity contribution in [2.75, 3.05) is 39.9 Å². The summed E-state index contributed by atoms with van der Waals surface area (Å²) in [6.45, 7) is 10.2. The smallest absolute Gasteiger partial charge is 0.0502 e. The van der Waals surface area contributed by atoms with E-state index in [0.29, 0.717) is 6.04 Å². The summed E-state index contributed by atoms with van der Waals surface area (Å²) in [5.74, 6) is 0.748. The fourth-order valence-electron chi connectivity index (χ4n) is 2.90. The van der Waals surface area contributed by atoms with E-state index in [1.165, 1.54) is 45.3 Å². The molecule has 102 valence electrons. The van der Waals surface area contributed by atoms with E-state index in [0.717, 1.165) is 19.1 Å². The van der Waals surface area contributed by atoms with Crippen LogP contribution in [0.2, 0.25) is 0 Å². The zero-order chi connectivity index (χ0) is 12.5. The van der Waals surface area contributed by atoms with E-state index >= 15 is 0 Å². The molecule has 1 aliphatic rings. The van der Waals surface area contributed by atoms with Crippen LogP contribution in [0.1, 0.15) is 39.5 Å². The van der Waals surface area contributed by atoms with Crippen LogP contribution in [0.25, 0.3) is 0 Å². The molecule has 1 rings (SSSR count). The van der Waals surface area contributed by atoms with Gasteiger partial charge in [0.15, 0.2) is 0 Å². The third-order valence-corrected chi connectivity index (χ3v) is 3.61. The second kappa shape index (κ2) is 8.90. The Kier molecular flexibility index (Phi) is 7.82. The molecule has 3 nitrogen and oxygen atoms in total. The van der Waals surface area contributed by atoms with Crippen LogP contribution in [0.3, 0.4) is 0 Å². The minimum Gasteiger partial charge on any atom is -0.384 e. The highest BCUT2D eigenvalue weighted by molar-refractivity contribution is 4.77. The number of piperidine rings is 1. The number of rotatable bonds is 8. The normalized spacial score (nSPS) is 23.8. The second-order valence-electron chi connectivity index (χ2n) is 5.27. The topological polar surface area (TPSA) is 24.5 Å². The van der Waals surface area contributed by atoms with Crippen molar-refractivity contribution < 1.29 is 4.74 Å². The number of likely N-dealkylation sites (N-methyl/N-ethyl adjacent to an activating group) is 1. The first kappa shape index (κ1) is 14.9. The summed E-state index contributed by atoms with van der Waals surface area (Å²) >= 11 is 0. The molecule has 0 aromatic heterocycles. The lowest BCUT2D eigenvalue weighted by molar-refractivity contribution is 0.0851. The molecule has 2 atom stereocenters. The van der Waals surface area contributed by atoms with E-state index in [2.05, 4.69) is 24.1 Å². The summed E-state index contributed by atoms with van der Waals surface area (Å²) in [6, 6.07) is 0.672. The van der Waals surface area contributed by atoms with Crippen molar-refractivity contribution in [3.05, 3.63) is 0 Å². The number of hydrogen-bond acceptors (Lipinski definition) is 3. The predicted octanol–water partition coefficient (Wildman–Crippen LogP) is 2.12. The van der Waals surface area contributed by atoms with Gasteiger partial charge in [0.2, 0.25) is 0 Å². The van der Waals surface area contributed by atoms with E-state index < -0.39 is 0 Å². The van der Waals surface area contributed by atoms with E-state index in [9.17, 15) is 0 Å². The lowest BCUT2D eigenvalue weighted by atomic mass is 9.98. The molecule has 0 bridgehead atoms. The van der Waals surface area contributed by atoms with E-state index in [1.807, 2.05) is 7.11 Å². The number of likely N-dealkylation sites (tertiary alicyclic amines) is 1. The monoisotopic (exact) mass is 242 g/mol. The Morgan fingerprint density at radius 1 is 1.41 bits per heavy atom. The molecule has 0 aromatic rings. The van der Waals surface area contributed by atoms with Gasteiger partial charge < -0.3 is 15.0 Å². The van der Waals surface area contributed by atoms with Gasteiger partial charge in [0.25, 0.3) is 0 Å². The molecule has 0 aliphatic carbocycles. The van der Waals surface area contributed by atoms with Crippen molar-refractivity contribution in [1.29, 1.82) is 0 Å². The predicted molar refractivity (Wildman–Crippen MR) is 73.4 cm³/mol.